The molecule has 1 unspecified atom stereocenters. The van der Waals surface area contributed by atoms with E-state index in [1.165, 1.54) is 39.6 Å². The molecule has 1 aliphatic carbocycles. The standard InChI is InChI=1S/C42H46N4O/c1-25-18-27(3)40(28(4)19-25)41-29(5)44-46(30(41)6)32-20-26(2)21-34(23-32)47-33-14-15-36-35-12-10-11-13-37(35)45(38(36)24-33)39-22-31(16-17-43-39)42(7,8)9/h10-18,20-25,28,40H,19H2,1-9H3/t25?,28-,40+/m0/s1. The van der Waals surface area contributed by atoms with E-state index in [2.05, 4.69) is 150 Å². The van der Waals surface area contributed by atoms with Crippen LogP contribution in [0.3, 0.4) is 0 Å². The zero-order valence-electron chi connectivity index (χ0n) is 29.2. The molecule has 7 rings (SSSR count). The number of ether oxygens (including phenoxy) is 1. The maximum absolute atomic E-state index is 6.65. The lowest BCUT2D eigenvalue weighted by Gasteiger charge is -2.32. The summed E-state index contributed by atoms with van der Waals surface area (Å²) in [5.74, 6) is 4.09. The van der Waals surface area contributed by atoms with Crippen LogP contribution in [0.5, 0.6) is 11.5 Å². The van der Waals surface area contributed by atoms with Crippen molar-refractivity contribution in [2.45, 2.75) is 80.1 Å². The molecule has 0 aliphatic heterocycles. The van der Waals surface area contributed by atoms with Crippen molar-refractivity contribution in [3.63, 3.8) is 0 Å². The van der Waals surface area contributed by atoms with E-state index in [0.717, 1.165) is 45.3 Å². The summed E-state index contributed by atoms with van der Waals surface area (Å²) in [6, 6.07) is 25.7. The van der Waals surface area contributed by atoms with Crippen molar-refractivity contribution >= 4 is 21.8 Å². The topological polar surface area (TPSA) is 44.9 Å². The van der Waals surface area contributed by atoms with Crippen molar-refractivity contribution in [1.29, 1.82) is 0 Å². The molecule has 0 bridgehead atoms. The quantitative estimate of drug-likeness (QED) is 0.180. The molecule has 3 aromatic heterocycles. The lowest BCUT2D eigenvalue weighted by atomic mass is 9.72. The molecule has 0 radical (unpaired) electrons. The van der Waals surface area contributed by atoms with Crippen LogP contribution in [0, 0.1) is 32.6 Å². The number of aromatic nitrogens is 4. The molecule has 0 N–H and O–H groups in total. The van der Waals surface area contributed by atoms with Gasteiger partial charge < -0.3 is 4.74 Å². The minimum Gasteiger partial charge on any atom is -0.457 e. The highest BCUT2D eigenvalue weighted by Crippen LogP contribution is 2.43. The van der Waals surface area contributed by atoms with Crippen LogP contribution in [-0.4, -0.2) is 19.3 Å². The summed E-state index contributed by atoms with van der Waals surface area (Å²) in [6.07, 6.45) is 5.57. The Labute approximate surface area is 278 Å². The minimum absolute atomic E-state index is 0.0165. The predicted molar refractivity (Wildman–Crippen MR) is 195 cm³/mol. The fourth-order valence-corrected chi connectivity index (χ4v) is 7.97. The molecule has 0 saturated carbocycles. The van der Waals surface area contributed by atoms with Crippen molar-refractivity contribution in [2.75, 3.05) is 0 Å². The Balaban J connectivity index is 1.29. The first-order chi connectivity index (χ1) is 22.4. The van der Waals surface area contributed by atoms with Crippen LogP contribution in [0.15, 0.2) is 90.6 Å². The van der Waals surface area contributed by atoms with Gasteiger partial charge in [0.15, 0.2) is 0 Å². The van der Waals surface area contributed by atoms with Gasteiger partial charge in [-0.2, -0.15) is 5.10 Å². The van der Waals surface area contributed by atoms with Crippen molar-refractivity contribution in [1.82, 2.24) is 19.3 Å². The van der Waals surface area contributed by atoms with Crippen LogP contribution in [-0.2, 0) is 5.41 Å². The normalized spacial score (nSPS) is 18.6. The predicted octanol–water partition coefficient (Wildman–Crippen LogP) is 11.1. The summed E-state index contributed by atoms with van der Waals surface area (Å²) < 4.78 is 11.0. The van der Waals surface area contributed by atoms with E-state index >= 15 is 0 Å². The van der Waals surface area contributed by atoms with Crippen LogP contribution in [0.1, 0.15) is 82.0 Å². The van der Waals surface area contributed by atoms with Crippen LogP contribution >= 0.6 is 0 Å². The molecule has 0 amide bonds. The molecule has 6 aromatic rings. The third-order valence-electron chi connectivity index (χ3n) is 10.0. The Morgan fingerprint density at radius 1 is 0.809 bits per heavy atom. The highest BCUT2D eigenvalue weighted by Gasteiger charge is 2.31. The summed E-state index contributed by atoms with van der Waals surface area (Å²) in [6.45, 7) is 20.2. The fourth-order valence-electron chi connectivity index (χ4n) is 7.97. The van der Waals surface area contributed by atoms with Crippen molar-refractivity contribution < 1.29 is 4.74 Å². The highest BCUT2D eigenvalue weighted by atomic mass is 16.5. The van der Waals surface area contributed by atoms with E-state index in [9.17, 15) is 0 Å². The van der Waals surface area contributed by atoms with E-state index in [1.807, 2.05) is 6.20 Å². The average molecular weight is 623 g/mol. The van der Waals surface area contributed by atoms with Crippen molar-refractivity contribution in [3.05, 3.63) is 119 Å². The summed E-state index contributed by atoms with van der Waals surface area (Å²) >= 11 is 0. The minimum atomic E-state index is 0.0165. The van der Waals surface area contributed by atoms with Gasteiger partial charge in [0.25, 0.3) is 0 Å². The number of fused-ring (bicyclic) bond motifs is 3. The number of hydrogen-bond acceptors (Lipinski definition) is 3. The monoisotopic (exact) mass is 622 g/mol. The Morgan fingerprint density at radius 3 is 2.34 bits per heavy atom. The zero-order chi connectivity index (χ0) is 33.2. The average Bonchev–Trinajstić information content (AvgIpc) is 3.49. The molecule has 3 atom stereocenters. The van der Waals surface area contributed by atoms with Gasteiger partial charge >= 0.3 is 0 Å². The lowest BCUT2D eigenvalue weighted by Crippen LogP contribution is -2.20. The van der Waals surface area contributed by atoms with E-state index in [1.54, 1.807) is 0 Å². The van der Waals surface area contributed by atoms with Gasteiger partial charge in [-0.1, -0.05) is 64.5 Å². The first kappa shape index (κ1) is 31.0. The number of nitrogens with zero attached hydrogens (tertiary/aromatic N) is 4. The number of hydrogen-bond donors (Lipinski definition) is 0. The first-order valence-electron chi connectivity index (χ1n) is 16.9. The first-order valence-corrected chi connectivity index (χ1v) is 16.9. The maximum atomic E-state index is 6.65. The zero-order valence-corrected chi connectivity index (χ0v) is 29.2. The van der Waals surface area contributed by atoms with Gasteiger partial charge in [0.2, 0.25) is 0 Å². The summed E-state index contributed by atoms with van der Waals surface area (Å²) in [7, 11) is 0. The second kappa shape index (κ2) is 11.6. The number of allylic oxidation sites excluding steroid dienone is 2. The van der Waals surface area contributed by atoms with Gasteiger partial charge in [-0.05, 0) is 105 Å². The number of benzene rings is 3. The van der Waals surface area contributed by atoms with Gasteiger partial charge in [-0.15, -0.1) is 0 Å². The number of pyridine rings is 1. The molecule has 1 aliphatic rings. The second-order valence-corrected chi connectivity index (χ2v) is 14.9. The molecule has 240 valence electrons. The molecule has 0 saturated heterocycles. The van der Waals surface area contributed by atoms with E-state index in [0.29, 0.717) is 17.8 Å². The van der Waals surface area contributed by atoms with E-state index in [4.69, 9.17) is 14.8 Å². The van der Waals surface area contributed by atoms with E-state index in [-0.39, 0.29) is 5.41 Å². The van der Waals surface area contributed by atoms with Crippen LogP contribution in [0.4, 0.5) is 0 Å². The Morgan fingerprint density at radius 2 is 1.57 bits per heavy atom. The molecule has 47 heavy (non-hydrogen) atoms. The van der Waals surface area contributed by atoms with Crippen molar-refractivity contribution in [2.24, 2.45) is 11.8 Å². The summed E-state index contributed by atoms with van der Waals surface area (Å²) in [5.41, 5.74) is 10.7. The van der Waals surface area contributed by atoms with E-state index < -0.39 is 0 Å². The molecular formula is C42H46N4O. The summed E-state index contributed by atoms with van der Waals surface area (Å²) in [4.78, 5) is 4.84. The van der Waals surface area contributed by atoms with Gasteiger partial charge in [-0.3, -0.25) is 4.57 Å². The van der Waals surface area contributed by atoms with Crippen LogP contribution < -0.4 is 4.74 Å². The van der Waals surface area contributed by atoms with Gasteiger partial charge in [0.05, 0.1) is 22.4 Å². The summed E-state index contributed by atoms with van der Waals surface area (Å²) in [5, 5.41) is 7.46. The number of rotatable bonds is 5. The molecule has 0 spiro atoms. The SMILES string of the molecule is CC1=CC(C)C[C@H](C)[C@@H]1c1c(C)nn(-c2cc(C)cc(Oc3ccc4c5ccccc5n(-c5cc(C(C)(C)C)ccn5)c4c3)c2)c1C. The molecular weight excluding hydrogens is 576 g/mol. The number of para-hydroxylation sites is 1. The molecule has 0 fully saturated rings. The molecule has 5 nitrogen and oxygen atoms in total. The third kappa shape index (κ3) is 5.56. The van der Waals surface area contributed by atoms with Gasteiger partial charge in [-0.25, -0.2) is 9.67 Å². The highest BCUT2D eigenvalue weighted by molar-refractivity contribution is 6.09. The smallest absolute Gasteiger partial charge is 0.137 e. The number of aryl methyl sites for hydroxylation is 2. The van der Waals surface area contributed by atoms with Crippen molar-refractivity contribution in [3.8, 4) is 23.0 Å². The van der Waals surface area contributed by atoms with Gasteiger partial charge in [0.1, 0.15) is 17.3 Å². The Bertz CT molecular complexity index is 2170. The molecule has 5 heteroatoms. The Kier molecular flexibility index (Phi) is 7.62. The van der Waals surface area contributed by atoms with Crippen LogP contribution in [0.2, 0.25) is 0 Å². The fraction of sp³-hybridized carbons (Fsp3) is 0.333. The molecule has 3 heterocycles. The van der Waals surface area contributed by atoms with Gasteiger partial charge in [0, 0.05) is 46.3 Å². The lowest BCUT2D eigenvalue weighted by molar-refractivity contribution is 0.390. The maximum Gasteiger partial charge on any atom is 0.137 e. The second-order valence-electron chi connectivity index (χ2n) is 14.9. The molecule has 3 aromatic carbocycles. The largest absolute Gasteiger partial charge is 0.457 e. The third-order valence-corrected chi connectivity index (χ3v) is 10.0. The van der Waals surface area contributed by atoms with Crippen LogP contribution in [0.25, 0.3) is 33.3 Å². The Hall–Kier alpha value is -4.64.